The number of carbonyl (C=O) groups excluding carboxylic acids is 7. The van der Waals surface area contributed by atoms with Crippen molar-refractivity contribution in [1.82, 2.24) is 24.9 Å². The van der Waals surface area contributed by atoms with Gasteiger partial charge >= 0.3 is 47.1 Å². The van der Waals surface area contributed by atoms with E-state index in [1.165, 1.54) is 75.4 Å². The van der Waals surface area contributed by atoms with Crippen molar-refractivity contribution < 1.29 is 81.0 Å². The van der Waals surface area contributed by atoms with Crippen molar-refractivity contribution in [1.29, 1.82) is 0 Å². The number of carbonyl (C=O) groups is 7. The molecule has 5 aromatic heterocycles. The number of halogens is 1. The summed E-state index contributed by atoms with van der Waals surface area (Å²) >= 11 is 0. The Morgan fingerprint density at radius 3 is 1.50 bits per heavy atom. The molecule has 8 rings (SSSR count). The SMILES string of the molecule is C=C(C(=O)OC)c1cccnc1[N+](=O)[O-].C=CC(=C)O[Si](C)(C)C.COC(=O)C(C(=O)OC)c1cccnc1[N+](=O)[O-].COC(=O)C1(c2cccnc2[N+](=O)[O-])CCC(=O)CC1.O=C1CCC2(CC1)C(=O)Nc1ncccc12.O=[N+]([O-])c1ncccc1F. The molecule has 6 heterocycles. The molecule has 2 aliphatic carbocycles. The van der Waals surface area contributed by atoms with Gasteiger partial charge in [-0.2, -0.15) is 4.39 Å². The number of ketones is 2. The second kappa shape index (κ2) is 33.0. The largest absolute Gasteiger partial charge is 0.545 e. The molecule has 0 saturated heterocycles. The molecule has 88 heavy (non-hydrogen) atoms. The normalized spacial score (nSPS) is 13.8. The monoisotopic (exact) mass is 1240 g/mol. The highest BCUT2D eigenvalue weighted by atomic mass is 28.4. The van der Waals surface area contributed by atoms with E-state index in [1.807, 2.05) is 12.1 Å². The highest BCUT2D eigenvalue weighted by Crippen LogP contribution is 2.46. The van der Waals surface area contributed by atoms with Crippen LogP contribution in [0.2, 0.25) is 19.6 Å². The third kappa shape index (κ3) is 19.1. The van der Waals surface area contributed by atoms with Crippen LogP contribution in [-0.2, 0) is 67.8 Å². The predicted molar refractivity (Wildman–Crippen MR) is 310 cm³/mol. The molecule has 0 aromatic carbocycles. The second-order valence-corrected chi connectivity index (χ2v) is 23.9. The number of allylic oxidation sites excluding steroid dienone is 1. The van der Waals surface area contributed by atoms with Gasteiger partial charge in [0.2, 0.25) is 20.0 Å². The third-order valence-electron chi connectivity index (χ3n) is 12.8. The Morgan fingerprint density at radius 2 is 1.06 bits per heavy atom. The average Bonchev–Trinajstić information content (AvgIpc) is 1.61. The van der Waals surface area contributed by atoms with Gasteiger partial charge in [0.1, 0.15) is 47.6 Å². The molecule has 1 aliphatic heterocycles. The number of nitrogens with zero attached hydrogens (tertiary/aromatic N) is 9. The van der Waals surface area contributed by atoms with Crippen LogP contribution in [0.5, 0.6) is 0 Å². The van der Waals surface area contributed by atoms with Gasteiger partial charge in [-0.15, -0.1) is 0 Å². The summed E-state index contributed by atoms with van der Waals surface area (Å²) < 4.78 is 35.8. The van der Waals surface area contributed by atoms with Gasteiger partial charge in [-0.3, -0.25) is 28.8 Å². The first kappa shape index (κ1) is 71.5. The Hall–Kier alpha value is -10.8. The Kier molecular flexibility index (Phi) is 26.8. The number of aromatic nitrogens is 5. The summed E-state index contributed by atoms with van der Waals surface area (Å²) in [5.41, 5.74) is -0.638. The van der Waals surface area contributed by atoms with Gasteiger partial charge < -0.3 is 69.1 Å². The van der Waals surface area contributed by atoms with Crippen molar-refractivity contribution in [3.8, 4) is 0 Å². The van der Waals surface area contributed by atoms with Crippen LogP contribution in [0.25, 0.3) is 5.57 Å². The summed E-state index contributed by atoms with van der Waals surface area (Å²) in [7, 11) is 3.14. The molecule has 2 saturated carbocycles. The van der Waals surface area contributed by atoms with E-state index < -0.39 is 91.9 Å². The van der Waals surface area contributed by atoms with Gasteiger partial charge in [0, 0.05) is 37.4 Å². The van der Waals surface area contributed by atoms with Crippen LogP contribution >= 0.6 is 0 Å². The smallest absolute Gasteiger partial charge is 0.399 e. The number of anilines is 1. The number of hydrogen-bond acceptors (Lipinski definition) is 25. The van der Waals surface area contributed by atoms with E-state index in [9.17, 15) is 78.4 Å². The zero-order valence-corrected chi connectivity index (χ0v) is 49.7. The van der Waals surface area contributed by atoms with Gasteiger partial charge in [-0.1, -0.05) is 25.8 Å². The summed E-state index contributed by atoms with van der Waals surface area (Å²) in [6.45, 7) is 17.0. The number of fused-ring (bicyclic) bond motifs is 2. The van der Waals surface area contributed by atoms with Crippen LogP contribution in [0.4, 0.5) is 33.5 Å². The van der Waals surface area contributed by atoms with E-state index in [4.69, 9.17) is 9.16 Å². The second-order valence-electron chi connectivity index (χ2n) is 19.4. The number of esters is 4. The number of amides is 1. The topological polar surface area (TPSA) is 415 Å². The van der Waals surface area contributed by atoms with Crippen LogP contribution in [-0.4, -0.2) is 123 Å². The third-order valence-corrected chi connectivity index (χ3v) is 13.7. The van der Waals surface area contributed by atoms with E-state index in [0.29, 0.717) is 37.3 Å². The van der Waals surface area contributed by atoms with Crippen LogP contribution < -0.4 is 5.32 Å². The minimum absolute atomic E-state index is 0.00806. The van der Waals surface area contributed by atoms with Gasteiger partial charge in [0.25, 0.3) is 0 Å². The Morgan fingerprint density at radius 1 is 0.614 bits per heavy atom. The van der Waals surface area contributed by atoms with Crippen molar-refractivity contribution in [2.45, 2.75) is 87.8 Å². The molecular weight excluding hydrogens is 1180 g/mol. The lowest BCUT2D eigenvalue weighted by atomic mass is 9.69. The standard InChI is InChI=1S/C13H14N2O5.C12H12N2O2.C10H10N2O6.C9H8N2O4.C7H14OSi.C5H3FN2O2/c1-20-12(17)13(6-4-9(16)5-7-13)10-3-2-8-14-11(10)15(18)19;15-8-3-5-12(6-4-8)9-2-1-7-13-10(9)14-11(12)16;1-17-9(13)7(10(14)18-2)6-4-3-5-11-8(6)12(15)16;1-6(9(12)15-2)7-4-3-5-10-8(7)11(13)14;1-6-7(2)8-9(3,4)5;6-4-2-1-3-7-5(4)8(9)10/h2-3,8H,4-7H2,1H3;1-2,7H,3-6H2,(H,13,14,16);3-5,7H,1-2H3;3-5H,1H2,2H3;6H,1-2H2,3-5H3;1-3H. The van der Waals surface area contributed by atoms with E-state index in [-0.39, 0.29) is 71.2 Å². The molecule has 0 atom stereocenters. The fourth-order valence-corrected chi connectivity index (χ4v) is 9.54. The molecule has 1 amide bonds. The maximum Gasteiger partial charge on any atom is 0.399 e. The van der Waals surface area contributed by atoms with Crippen LogP contribution in [0.15, 0.2) is 123 Å². The summed E-state index contributed by atoms with van der Waals surface area (Å²) in [4.78, 5) is 139. The molecule has 0 radical (unpaired) electrons. The molecule has 5 aromatic rings. The van der Waals surface area contributed by atoms with Crippen molar-refractivity contribution >= 4 is 84.3 Å². The summed E-state index contributed by atoms with van der Waals surface area (Å²) in [6.07, 6.45) is 11.3. The van der Waals surface area contributed by atoms with Crippen molar-refractivity contribution in [2.24, 2.45) is 0 Å². The van der Waals surface area contributed by atoms with Gasteiger partial charge in [0.15, 0.2) is 5.92 Å². The zero-order valence-electron chi connectivity index (χ0n) is 48.7. The van der Waals surface area contributed by atoms with Crippen molar-refractivity contribution in [2.75, 3.05) is 33.8 Å². The molecule has 32 heteroatoms. The van der Waals surface area contributed by atoms with E-state index >= 15 is 0 Å². The number of pyridine rings is 5. The highest BCUT2D eigenvalue weighted by molar-refractivity contribution is 6.70. The van der Waals surface area contributed by atoms with Crippen molar-refractivity contribution in [3.05, 3.63) is 192 Å². The minimum Gasteiger partial charge on any atom is -0.545 e. The molecule has 1 spiro atoms. The maximum absolute atomic E-state index is 12.3. The number of rotatable bonds is 14. The van der Waals surface area contributed by atoms with Gasteiger partial charge in [0.05, 0.1) is 61.9 Å². The lowest BCUT2D eigenvalue weighted by Crippen LogP contribution is -2.41. The molecule has 2 fully saturated rings. The molecule has 466 valence electrons. The Bertz CT molecular complexity index is 3450. The lowest BCUT2D eigenvalue weighted by Gasteiger charge is -2.33. The molecule has 30 nitrogen and oxygen atoms in total. The number of methoxy groups -OCH3 is 4. The summed E-state index contributed by atoms with van der Waals surface area (Å²) in [6, 6.07) is 14.6. The quantitative estimate of drug-likeness (QED) is 0.0126. The molecular formula is C56H61FN10O20Si. The fraction of sp³-hybridized carbons (Fsp3) is 0.321. The first-order valence-corrected chi connectivity index (χ1v) is 29.3. The predicted octanol–water partition coefficient (Wildman–Crippen LogP) is 8.22. The van der Waals surface area contributed by atoms with Crippen molar-refractivity contribution in [3.63, 3.8) is 0 Å². The van der Waals surface area contributed by atoms with Crippen LogP contribution in [0.3, 0.4) is 0 Å². The summed E-state index contributed by atoms with van der Waals surface area (Å²) in [5, 5.41) is 45.2. The number of hydrogen-bond donors (Lipinski definition) is 1. The molecule has 1 N–H and O–H groups in total. The molecule has 3 aliphatic rings. The average molecular weight is 1240 g/mol. The maximum atomic E-state index is 12.3. The number of nitro groups is 4. The zero-order chi connectivity index (χ0) is 66.1. The number of ether oxygens (including phenoxy) is 4. The number of Topliss-reactive ketones (excluding diaryl/α,β-unsaturated/α-hetero) is 2. The lowest BCUT2D eigenvalue weighted by molar-refractivity contribution is -0.392. The van der Waals surface area contributed by atoms with Crippen LogP contribution in [0, 0.1) is 46.3 Å². The Labute approximate surface area is 502 Å². The van der Waals surface area contributed by atoms with E-state index in [0.717, 1.165) is 25.8 Å². The van der Waals surface area contributed by atoms with E-state index in [2.05, 4.69) is 83.8 Å². The molecule has 0 bridgehead atoms. The highest BCUT2D eigenvalue weighted by Gasteiger charge is 2.50. The van der Waals surface area contributed by atoms with E-state index in [1.54, 1.807) is 18.3 Å². The first-order valence-electron chi connectivity index (χ1n) is 25.9. The summed E-state index contributed by atoms with van der Waals surface area (Å²) in [5.74, 6) is -6.00. The first-order chi connectivity index (χ1) is 41.5. The van der Waals surface area contributed by atoms with Crippen LogP contribution in [0.1, 0.15) is 79.5 Å². The van der Waals surface area contributed by atoms with Gasteiger partial charge in [-0.25, -0.2) is 9.78 Å². The minimum atomic E-state index is -1.52. The number of nitrogens with one attached hydrogen (secondary N) is 1. The van der Waals surface area contributed by atoms with Gasteiger partial charge in [-0.05, 0) is 146 Å². The Balaban J connectivity index is 0.000000281. The fourth-order valence-electron chi connectivity index (χ4n) is 8.67. The molecule has 0 unspecified atom stereocenters.